The van der Waals surface area contributed by atoms with Crippen molar-refractivity contribution in [3.8, 4) is 0 Å². The molecule has 5 rings (SSSR count). The van der Waals surface area contributed by atoms with Gasteiger partial charge in [-0.1, -0.05) is 60.7 Å². The molecule has 2 aromatic heterocycles. The van der Waals surface area contributed by atoms with Gasteiger partial charge >= 0.3 is 0 Å². The van der Waals surface area contributed by atoms with Crippen LogP contribution in [0.25, 0.3) is 21.5 Å². The van der Waals surface area contributed by atoms with E-state index in [0.717, 1.165) is 22.8 Å². The van der Waals surface area contributed by atoms with Gasteiger partial charge in [0.2, 0.25) is 0 Å². The van der Waals surface area contributed by atoms with Crippen molar-refractivity contribution < 1.29 is 0 Å². The van der Waals surface area contributed by atoms with Crippen molar-refractivity contribution in [2.24, 2.45) is 0 Å². The summed E-state index contributed by atoms with van der Waals surface area (Å²) >= 11 is 0. The number of hydrogen-bond donors (Lipinski definition) is 2. The van der Waals surface area contributed by atoms with E-state index in [9.17, 15) is 0 Å². The molecule has 0 bridgehead atoms. The van der Waals surface area contributed by atoms with Gasteiger partial charge in [-0.3, -0.25) is 9.97 Å². The van der Waals surface area contributed by atoms with Crippen LogP contribution in [-0.2, 0) is 13.1 Å². The van der Waals surface area contributed by atoms with Crippen LogP contribution in [0.4, 0.5) is 11.4 Å². The molecule has 5 aromatic rings. The van der Waals surface area contributed by atoms with E-state index in [0.29, 0.717) is 13.1 Å². The summed E-state index contributed by atoms with van der Waals surface area (Å²) in [5.41, 5.74) is 4.19. The molecule has 0 spiro atoms. The lowest BCUT2D eigenvalue weighted by atomic mass is 9.98. The number of hydrogen-bond acceptors (Lipinski definition) is 4. The van der Waals surface area contributed by atoms with Crippen molar-refractivity contribution in [3.05, 3.63) is 109 Å². The zero-order valence-corrected chi connectivity index (χ0v) is 16.5. The maximum absolute atomic E-state index is 4.47. The summed E-state index contributed by atoms with van der Waals surface area (Å²) in [5.74, 6) is 0. The number of anilines is 2. The van der Waals surface area contributed by atoms with Crippen molar-refractivity contribution in [2.45, 2.75) is 13.1 Å². The maximum atomic E-state index is 4.47. The Kier molecular flexibility index (Phi) is 4.96. The highest BCUT2D eigenvalue weighted by molar-refractivity contribution is 6.20. The van der Waals surface area contributed by atoms with Gasteiger partial charge in [0.25, 0.3) is 0 Å². The molecule has 4 heteroatoms. The van der Waals surface area contributed by atoms with E-state index in [4.69, 9.17) is 0 Å². The van der Waals surface area contributed by atoms with Gasteiger partial charge in [-0.25, -0.2) is 0 Å². The van der Waals surface area contributed by atoms with Crippen molar-refractivity contribution in [2.75, 3.05) is 10.6 Å². The molecule has 0 unspecified atom stereocenters. The second-order valence-corrected chi connectivity index (χ2v) is 7.19. The molecule has 2 N–H and O–H groups in total. The van der Waals surface area contributed by atoms with Crippen LogP contribution >= 0.6 is 0 Å². The minimum atomic E-state index is 0.654. The lowest BCUT2D eigenvalue weighted by Crippen LogP contribution is -2.08. The fourth-order valence-electron chi connectivity index (χ4n) is 3.87. The van der Waals surface area contributed by atoms with E-state index in [1.54, 1.807) is 0 Å². The lowest BCUT2D eigenvalue weighted by Gasteiger charge is -2.20. The molecule has 30 heavy (non-hydrogen) atoms. The molecule has 0 aliphatic rings. The summed E-state index contributed by atoms with van der Waals surface area (Å²) in [6, 6.07) is 29.1. The summed E-state index contributed by atoms with van der Waals surface area (Å²) in [6.45, 7) is 1.31. The molecule has 0 atom stereocenters. The van der Waals surface area contributed by atoms with E-state index in [1.165, 1.54) is 21.5 Å². The van der Waals surface area contributed by atoms with E-state index in [1.807, 2.05) is 48.8 Å². The number of rotatable bonds is 6. The van der Waals surface area contributed by atoms with Crippen LogP contribution in [0.1, 0.15) is 11.4 Å². The molecule has 0 amide bonds. The Labute approximate surface area is 175 Å². The summed E-state index contributed by atoms with van der Waals surface area (Å²) in [6.07, 6.45) is 3.66. The van der Waals surface area contributed by atoms with Crippen LogP contribution in [0, 0.1) is 0 Å². The monoisotopic (exact) mass is 390 g/mol. The van der Waals surface area contributed by atoms with Crippen LogP contribution in [0.5, 0.6) is 0 Å². The topological polar surface area (TPSA) is 49.8 Å². The van der Waals surface area contributed by atoms with Crippen LogP contribution in [0.3, 0.4) is 0 Å². The molecule has 146 valence electrons. The van der Waals surface area contributed by atoms with Crippen LogP contribution < -0.4 is 10.6 Å². The van der Waals surface area contributed by atoms with Crippen molar-refractivity contribution in [3.63, 3.8) is 0 Å². The third-order valence-corrected chi connectivity index (χ3v) is 5.28. The number of fused-ring (bicyclic) bond motifs is 3. The number of nitrogens with zero attached hydrogens (tertiary/aromatic N) is 2. The highest BCUT2D eigenvalue weighted by atomic mass is 15.0. The maximum Gasteiger partial charge on any atom is 0.0665 e. The van der Waals surface area contributed by atoms with Gasteiger partial charge in [-0.05, 0) is 35.0 Å². The average Bonchev–Trinajstić information content (AvgIpc) is 2.83. The molecule has 0 aliphatic carbocycles. The highest BCUT2D eigenvalue weighted by Gasteiger charge is 2.14. The van der Waals surface area contributed by atoms with Crippen molar-refractivity contribution >= 4 is 32.9 Å². The number of nitrogens with one attached hydrogen (secondary N) is 2. The Balaban J connectivity index is 1.63. The van der Waals surface area contributed by atoms with Gasteiger partial charge in [-0.2, -0.15) is 0 Å². The Morgan fingerprint density at radius 2 is 0.867 bits per heavy atom. The highest BCUT2D eigenvalue weighted by Crippen LogP contribution is 2.40. The third kappa shape index (κ3) is 3.55. The largest absolute Gasteiger partial charge is 0.377 e. The van der Waals surface area contributed by atoms with Gasteiger partial charge < -0.3 is 10.6 Å². The Morgan fingerprint density at radius 3 is 1.27 bits per heavy atom. The second kappa shape index (κ2) is 8.21. The van der Waals surface area contributed by atoms with E-state index >= 15 is 0 Å². The normalized spacial score (nSPS) is 10.9. The van der Waals surface area contributed by atoms with Crippen LogP contribution in [-0.4, -0.2) is 9.97 Å². The Morgan fingerprint density at radius 1 is 0.467 bits per heavy atom. The Bertz CT molecular complexity index is 1180. The molecule has 3 aromatic carbocycles. The van der Waals surface area contributed by atoms with Gasteiger partial charge in [0.15, 0.2) is 0 Å². The molecule has 0 saturated carbocycles. The van der Waals surface area contributed by atoms with E-state index < -0.39 is 0 Å². The quantitative estimate of drug-likeness (QED) is 0.275. The molecule has 2 heterocycles. The summed E-state index contributed by atoms with van der Waals surface area (Å²) < 4.78 is 0. The first-order valence-electron chi connectivity index (χ1n) is 10.1. The average molecular weight is 390 g/mol. The van der Waals surface area contributed by atoms with Crippen molar-refractivity contribution in [1.82, 2.24) is 9.97 Å². The molecular formula is C26H22N4. The molecule has 0 fully saturated rings. The predicted molar refractivity (Wildman–Crippen MR) is 125 cm³/mol. The van der Waals surface area contributed by atoms with Gasteiger partial charge in [-0.15, -0.1) is 0 Å². The minimum Gasteiger partial charge on any atom is -0.377 e. The smallest absolute Gasteiger partial charge is 0.0665 e. The number of benzene rings is 3. The number of pyridine rings is 2. The molecule has 0 aliphatic heterocycles. The fourth-order valence-corrected chi connectivity index (χ4v) is 3.87. The van der Waals surface area contributed by atoms with Gasteiger partial charge in [0, 0.05) is 23.2 Å². The molecule has 0 radical (unpaired) electrons. The summed E-state index contributed by atoms with van der Waals surface area (Å²) in [7, 11) is 0. The lowest BCUT2D eigenvalue weighted by molar-refractivity contribution is 1.03. The molecular weight excluding hydrogens is 368 g/mol. The summed E-state index contributed by atoms with van der Waals surface area (Å²) in [5, 5.41) is 12.2. The third-order valence-electron chi connectivity index (χ3n) is 5.28. The zero-order valence-electron chi connectivity index (χ0n) is 16.5. The molecule has 4 nitrogen and oxygen atoms in total. The molecule has 0 saturated heterocycles. The Hall–Kier alpha value is -3.92. The minimum absolute atomic E-state index is 0.654. The van der Waals surface area contributed by atoms with Crippen LogP contribution in [0.2, 0.25) is 0 Å². The first-order valence-corrected chi connectivity index (χ1v) is 10.1. The number of aromatic nitrogens is 2. The predicted octanol–water partition coefficient (Wildman–Crippen LogP) is 6.01. The standard InChI is InChI=1S/C26H22N4/c1-3-13-23-21(11-1)22-12-2-4-14-24(22)26(30-18-20-10-6-8-16-28-20)25(23)29-17-19-9-5-7-15-27-19/h1-16,29-30H,17-18H2. The summed E-state index contributed by atoms with van der Waals surface area (Å²) in [4.78, 5) is 8.93. The zero-order chi connectivity index (χ0) is 20.2. The fraction of sp³-hybridized carbons (Fsp3) is 0.0769. The van der Waals surface area contributed by atoms with Gasteiger partial charge in [0.05, 0.1) is 35.9 Å². The first-order chi connectivity index (χ1) is 14.9. The van der Waals surface area contributed by atoms with E-state index in [-0.39, 0.29) is 0 Å². The first kappa shape index (κ1) is 18.1. The van der Waals surface area contributed by atoms with Gasteiger partial charge in [0.1, 0.15) is 0 Å². The van der Waals surface area contributed by atoms with Crippen molar-refractivity contribution in [1.29, 1.82) is 0 Å². The SMILES string of the molecule is c1ccc(CNc2c(NCc3ccccn3)c3ccccc3c3ccccc23)nc1. The van der Waals surface area contributed by atoms with E-state index in [2.05, 4.69) is 69.1 Å². The second-order valence-electron chi connectivity index (χ2n) is 7.19. The van der Waals surface area contributed by atoms with Crippen LogP contribution in [0.15, 0.2) is 97.3 Å².